The fourth-order valence-corrected chi connectivity index (χ4v) is 4.51. The topological polar surface area (TPSA) is 38.1 Å². The zero-order chi connectivity index (χ0) is 20.7. The minimum atomic E-state index is -0.261. The van der Waals surface area contributed by atoms with Gasteiger partial charge in [0.25, 0.3) is 0 Å². The maximum atomic E-state index is 13.8. The van der Waals surface area contributed by atoms with E-state index < -0.39 is 0 Å². The van der Waals surface area contributed by atoms with E-state index in [0.717, 1.165) is 53.8 Å². The molecule has 4 aromatic rings. The quantitative estimate of drug-likeness (QED) is 0.407. The van der Waals surface area contributed by atoms with Gasteiger partial charge in [0.2, 0.25) is 0 Å². The highest BCUT2D eigenvalue weighted by Gasteiger charge is 2.23. The van der Waals surface area contributed by atoms with E-state index in [9.17, 15) is 9.18 Å². The first kappa shape index (κ1) is 21.1. The molecular formula is C25H23ClFN3O. The van der Waals surface area contributed by atoms with Crippen LogP contribution in [0.25, 0.3) is 10.9 Å². The molecule has 0 fully saturated rings. The molecule has 1 aliphatic rings. The minimum Gasteiger partial charge on any atom is -0.350 e. The Morgan fingerprint density at radius 3 is 2.68 bits per heavy atom. The van der Waals surface area contributed by atoms with Gasteiger partial charge in [-0.15, -0.1) is 12.4 Å². The molecule has 0 saturated carbocycles. The fourth-order valence-electron chi connectivity index (χ4n) is 4.51. The Labute approximate surface area is 186 Å². The minimum absolute atomic E-state index is 0. The van der Waals surface area contributed by atoms with Crippen molar-refractivity contribution in [2.45, 2.75) is 26.4 Å². The molecule has 0 spiro atoms. The van der Waals surface area contributed by atoms with Gasteiger partial charge in [-0.05, 0) is 48.2 Å². The van der Waals surface area contributed by atoms with Gasteiger partial charge in [0, 0.05) is 42.5 Å². The summed E-state index contributed by atoms with van der Waals surface area (Å²) in [6.45, 7) is 4.07. The Hall–Kier alpha value is -3.18. The number of rotatable bonds is 4. The maximum Gasteiger partial charge on any atom is 0.153 e. The molecule has 0 atom stereocenters. The normalized spacial score (nSPS) is 13.0. The van der Waals surface area contributed by atoms with Gasteiger partial charge in [0.15, 0.2) is 12.1 Å². The molecule has 6 heteroatoms. The van der Waals surface area contributed by atoms with E-state index in [1.54, 1.807) is 18.3 Å². The second-order valence-electron chi connectivity index (χ2n) is 7.80. The third kappa shape index (κ3) is 3.70. The zero-order valence-corrected chi connectivity index (χ0v) is 18.0. The third-order valence-corrected chi connectivity index (χ3v) is 6.04. The van der Waals surface area contributed by atoms with Crippen molar-refractivity contribution >= 4 is 35.4 Å². The molecule has 0 N–H and O–H groups in total. The van der Waals surface area contributed by atoms with Crippen molar-refractivity contribution in [1.29, 1.82) is 0 Å². The lowest BCUT2D eigenvalue weighted by atomic mass is 10.00. The van der Waals surface area contributed by atoms with Gasteiger partial charge in [0.1, 0.15) is 5.82 Å². The van der Waals surface area contributed by atoms with Crippen LogP contribution in [0.1, 0.15) is 32.7 Å². The van der Waals surface area contributed by atoms with E-state index in [0.29, 0.717) is 12.1 Å². The van der Waals surface area contributed by atoms with E-state index >= 15 is 0 Å². The Morgan fingerprint density at radius 2 is 1.90 bits per heavy atom. The summed E-state index contributed by atoms with van der Waals surface area (Å²) in [5.74, 6) is 0.609. The molecule has 0 radical (unpaired) electrons. The van der Waals surface area contributed by atoms with Crippen molar-refractivity contribution in [1.82, 2.24) is 9.55 Å². The number of hydrogen-bond donors (Lipinski definition) is 0. The number of carbonyl (C=O) groups is 1. The molecule has 0 unspecified atom stereocenters. The van der Waals surface area contributed by atoms with Crippen LogP contribution >= 0.6 is 12.4 Å². The maximum absolute atomic E-state index is 13.8. The number of anilines is 1. The Morgan fingerprint density at radius 1 is 1.10 bits per heavy atom. The molecule has 2 aromatic heterocycles. The lowest BCUT2D eigenvalue weighted by Gasteiger charge is -2.30. The van der Waals surface area contributed by atoms with Crippen molar-refractivity contribution in [3.63, 3.8) is 0 Å². The summed E-state index contributed by atoms with van der Waals surface area (Å²) >= 11 is 0. The summed E-state index contributed by atoms with van der Waals surface area (Å²) in [7, 11) is 0. The molecule has 0 aliphatic carbocycles. The van der Waals surface area contributed by atoms with Crippen LogP contribution in [0.2, 0.25) is 0 Å². The second-order valence-corrected chi connectivity index (χ2v) is 7.80. The van der Waals surface area contributed by atoms with Crippen LogP contribution < -0.4 is 4.90 Å². The van der Waals surface area contributed by atoms with Gasteiger partial charge < -0.3 is 9.47 Å². The smallest absolute Gasteiger partial charge is 0.153 e. The summed E-state index contributed by atoms with van der Waals surface area (Å²) in [6, 6.07) is 17.0. The first-order valence-corrected chi connectivity index (χ1v) is 10.1. The predicted octanol–water partition coefficient (Wildman–Crippen LogP) is 5.33. The summed E-state index contributed by atoms with van der Waals surface area (Å²) in [6.07, 6.45) is 3.64. The Balaban J connectivity index is 0.00000231. The van der Waals surface area contributed by atoms with Crippen molar-refractivity contribution in [2.75, 3.05) is 11.4 Å². The van der Waals surface area contributed by atoms with Gasteiger partial charge in [-0.2, -0.15) is 0 Å². The first-order valence-electron chi connectivity index (χ1n) is 10.1. The van der Waals surface area contributed by atoms with Crippen molar-refractivity contribution in [3.8, 4) is 0 Å². The molecule has 4 nitrogen and oxygen atoms in total. The number of carbonyl (C=O) groups excluding carboxylic acids is 1. The van der Waals surface area contributed by atoms with Gasteiger partial charge in [-0.3, -0.25) is 4.79 Å². The lowest BCUT2D eigenvalue weighted by Crippen LogP contribution is -2.31. The van der Waals surface area contributed by atoms with Crippen LogP contribution in [0.5, 0.6) is 0 Å². The third-order valence-electron chi connectivity index (χ3n) is 6.04. The molecule has 31 heavy (non-hydrogen) atoms. The van der Waals surface area contributed by atoms with E-state index in [-0.39, 0.29) is 18.2 Å². The Kier molecular flexibility index (Phi) is 5.79. The summed E-state index contributed by atoms with van der Waals surface area (Å²) in [5.41, 5.74) is 6.00. The largest absolute Gasteiger partial charge is 0.350 e. The van der Waals surface area contributed by atoms with E-state index in [1.165, 1.54) is 17.2 Å². The standard InChI is InChI=1S/C25H22FN3O.ClH/c1-17-23(16-30)22-9-11-27-25(28-12-10-19-6-2-3-7-20(19)15-28)24(22)29(17)14-18-5-4-8-21(26)13-18;/h2-9,11,13,16H,10,12,14-15H2,1H3;1H. The zero-order valence-electron chi connectivity index (χ0n) is 17.2. The SMILES string of the molecule is Cc1c(C=O)c2ccnc(N3CCc4ccccc4C3)c2n1Cc1cccc(F)c1.Cl. The lowest BCUT2D eigenvalue weighted by molar-refractivity contribution is 0.112. The molecule has 5 rings (SSSR count). The second kappa shape index (κ2) is 8.52. The molecule has 3 heterocycles. The van der Waals surface area contributed by atoms with Gasteiger partial charge >= 0.3 is 0 Å². The average molecular weight is 436 g/mol. The first-order chi connectivity index (χ1) is 14.7. The van der Waals surface area contributed by atoms with Gasteiger partial charge in [-0.1, -0.05) is 36.4 Å². The van der Waals surface area contributed by atoms with Crippen LogP contribution in [-0.4, -0.2) is 22.4 Å². The van der Waals surface area contributed by atoms with Crippen LogP contribution in [-0.2, 0) is 19.5 Å². The number of halogens is 2. The molecule has 0 saturated heterocycles. The monoisotopic (exact) mass is 435 g/mol. The number of fused-ring (bicyclic) bond motifs is 2. The van der Waals surface area contributed by atoms with E-state index in [4.69, 9.17) is 4.98 Å². The number of aromatic nitrogens is 2. The number of pyridine rings is 1. The van der Waals surface area contributed by atoms with Crippen LogP contribution in [0, 0.1) is 12.7 Å². The highest BCUT2D eigenvalue weighted by Crippen LogP contribution is 2.34. The van der Waals surface area contributed by atoms with Crippen LogP contribution in [0.4, 0.5) is 10.2 Å². The molecule has 0 bridgehead atoms. The molecule has 2 aromatic carbocycles. The average Bonchev–Trinajstić information content (AvgIpc) is 3.04. The van der Waals surface area contributed by atoms with Crippen molar-refractivity contribution in [2.24, 2.45) is 0 Å². The van der Waals surface area contributed by atoms with Crippen molar-refractivity contribution < 1.29 is 9.18 Å². The van der Waals surface area contributed by atoms with Crippen LogP contribution in [0.3, 0.4) is 0 Å². The number of benzene rings is 2. The number of hydrogen-bond acceptors (Lipinski definition) is 3. The van der Waals surface area contributed by atoms with Crippen LogP contribution in [0.15, 0.2) is 60.8 Å². The highest BCUT2D eigenvalue weighted by atomic mass is 35.5. The summed E-state index contributed by atoms with van der Waals surface area (Å²) < 4.78 is 15.9. The van der Waals surface area contributed by atoms with Gasteiger partial charge in [-0.25, -0.2) is 9.37 Å². The van der Waals surface area contributed by atoms with Crippen molar-refractivity contribution in [3.05, 3.63) is 94.6 Å². The molecule has 1 aliphatic heterocycles. The molecule has 0 amide bonds. The Bertz CT molecular complexity index is 1270. The number of aldehydes is 1. The highest BCUT2D eigenvalue weighted by molar-refractivity contribution is 6.03. The predicted molar refractivity (Wildman–Crippen MR) is 124 cm³/mol. The fraction of sp³-hybridized carbons (Fsp3) is 0.200. The summed E-state index contributed by atoms with van der Waals surface area (Å²) in [4.78, 5) is 18.9. The van der Waals surface area contributed by atoms with E-state index in [1.807, 2.05) is 19.1 Å². The van der Waals surface area contributed by atoms with E-state index in [2.05, 4.69) is 33.7 Å². The molecular weight excluding hydrogens is 413 g/mol. The summed E-state index contributed by atoms with van der Waals surface area (Å²) in [5, 5.41) is 0.891. The van der Waals surface area contributed by atoms with Gasteiger partial charge in [0.05, 0.1) is 5.52 Å². The molecule has 158 valence electrons. The number of nitrogens with zero attached hydrogens (tertiary/aromatic N) is 3.